The highest BCUT2D eigenvalue weighted by Crippen LogP contribution is 2.18. The lowest BCUT2D eigenvalue weighted by molar-refractivity contribution is 0.337. The van der Waals surface area contributed by atoms with Crippen molar-refractivity contribution < 1.29 is 13.2 Å². The molecule has 0 heterocycles. The maximum absolute atomic E-state index is 11.9. The summed E-state index contributed by atoms with van der Waals surface area (Å²) in [6, 6.07) is 7.88. The fourth-order valence-electron chi connectivity index (χ4n) is 1.10. The molecule has 4 nitrogen and oxygen atoms in total. The average molecular weight is 237 g/mol. The fraction of sp³-hybridized carbons (Fsp3) is 0.182. The van der Waals surface area contributed by atoms with Crippen LogP contribution in [0.3, 0.4) is 0 Å². The predicted octanol–water partition coefficient (Wildman–Crippen LogP) is 1.78. The molecule has 1 aromatic rings. The summed E-state index contributed by atoms with van der Waals surface area (Å²) in [5.41, 5.74) is 0.952. The molecule has 0 spiro atoms. The zero-order chi connectivity index (χ0) is 12.2. The minimum absolute atomic E-state index is 0.0861. The quantitative estimate of drug-likeness (QED) is 0.593. The molecule has 0 aliphatic carbocycles. The largest absolute Gasteiger partial charge is 0.502 e. The van der Waals surface area contributed by atoms with Gasteiger partial charge in [0.15, 0.2) is 4.91 Å². The fourth-order valence-corrected chi connectivity index (χ4v) is 2.19. The first-order valence-electron chi connectivity index (χ1n) is 4.47. The van der Waals surface area contributed by atoms with Crippen LogP contribution in [0, 0.1) is 18.3 Å². The summed E-state index contributed by atoms with van der Waals surface area (Å²) in [6.45, 7) is 1.85. The van der Waals surface area contributed by atoms with E-state index in [1.54, 1.807) is 18.2 Å². The Morgan fingerprint density at radius 3 is 2.38 bits per heavy atom. The van der Waals surface area contributed by atoms with E-state index >= 15 is 0 Å². The molecule has 0 aliphatic rings. The van der Waals surface area contributed by atoms with E-state index in [0.717, 1.165) is 11.8 Å². The molecule has 0 N–H and O–H groups in total. The van der Waals surface area contributed by atoms with Crippen LogP contribution in [-0.4, -0.2) is 15.5 Å². The maximum atomic E-state index is 11.9. The summed E-state index contributed by atoms with van der Waals surface area (Å²) in [4.78, 5) is -0.318. The third-order valence-electron chi connectivity index (χ3n) is 1.96. The first kappa shape index (κ1) is 12.3. The normalized spacial score (nSPS) is 11.9. The van der Waals surface area contributed by atoms with Gasteiger partial charge in [0.1, 0.15) is 12.3 Å². The summed E-state index contributed by atoms with van der Waals surface area (Å²) < 4.78 is 28.4. The second-order valence-electron chi connectivity index (χ2n) is 3.15. The van der Waals surface area contributed by atoms with Crippen LogP contribution in [0.2, 0.25) is 0 Å². The van der Waals surface area contributed by atoms with Gasteiger partial charge in [-0.1, -0.05) is 17.7 Å². The van der Waals surface area contributed by atoms with E-state index in [-0.39, 0.29) is 4.90 Å². The number of methoxy groups -OCH3 is 1. The number of allylic oxidation sites excluding steroid dienone is 1. The highest BCUT2D eigenvalue weighted by molar-refractivity contribution is 7.95. The van der Waals surface area contributed by atoms with Gasteiger partial charge in [-0.2, -0.15) is 5.26 Å². The molecule has 0 aromatic heterocycles. The number of nitrogens with zero attached hydrogens (tertiary/aromatic N) is 1. The van der Waals surface area contributed by atoms with Crippen LogP contribution < -0.4 is 0 Å². The van der Waals surface area contributed by atoms with Crippen LogP contribution in [0.5, 0.6) is 0 Å². The zero-order valence-electron chi connectivity index (χ0n) is 8.97. The van der Waals surface area contributed by atoms with Crippen molar-refractivity contribution in [2.24, 2.45) is 0 Å². The molecule has 1 rings (SSSR count). The Kier molecular flexibility index (Phi) is 3.69. The Morgan fingerprint density at radius 1 is 1.38 bits per heavy atom. The molecular weight excluding hydrogens is 226 g/mol. The van der Waals surface area contributed by atoms with Gasteiger partial charge in [0.2, 0.25) is 9.84 Å². The van der Waals surface area contributed by atoms with Crippen molar-refractivity contribution in [3.8, 4) is 6.07 Å². The van der Waals surface area contributed by atoms with E-state index in [9.17, 15) is 8.42 Å². The smallest absolute Gasteiger partial charge is 0.219 e. The van der Waals surface area contributed by atoms with Gasteiger partial charge in [-0.15, -0.1) is 0 Å². The second-order valence-corrected chi connectivity index (χ2v) is 5.06. The molecule has 0 radical (unpaired) electrons. The SMILES string of the molecule is COC=C(C#N)S(=O)(=O)c1ccc(C)cc1. The van der Waals surface area contributed by atoms with Gasteiger partial charge in [-0.05, 0) is 19.1 Å². The summed E-state index contributed by atoms with van der Waals surface area (Å²) in [5.74, 6) is 0. The van der Waals surface area contributed by atoms with Crippen LogP contribution in [0.15, 0.2) is 40.3 Å². The number of sulfone groups is 1. The molecule has 0 atom stereocenters. The monoisotopic (exact) mass is 237 g/mol. The van der Waals surface area contributed by atoms with Crippen molar-refractivity contribution in [3.05, 3.63) is 41.0 Å². The van der Waals surface area contributed by atoms with Crippen molar-refractivity contribution in [1.82, 2.24) is 0 Å². The molecule has 0 amide bonds. The van der Waals surface area contributed by atoms with Crippen molar-refractivity contribution in [2.75, 3.05) is 7.11 Å². The van der Waals surface area contributed by atoms with Gasteiger partial charge in [0, 0.05) is 0 Å². The Bertz CT molecular complexity index is 536. The number of ether oxygens (including phenoxy) is 1. The van der Waals surface area contributed by atoms with E-state index in [4.69, 9.17) is 5.26 Å². The van der Waals surface area contributed by atoms with Crippen molar-refractivity contribution in [3.63, 3.8) is 0 Å². The highest BCUT2D eigenvalue weighted by Gasteiger charge is 2.20. The Balaban J connectivity index is 3.27. The molecular formula is C11H11NO3S. The molecule has 0 aliphatic heterocycles. The van der Waals surface area contributed by atoms with E-state index in [2.05, 4.69) is 4.74 Å². The van der Waals surface area contributed by atoms with Gasteiger partial charge < -0.3 is 4.74 Å². The van der Waals surface area contributed by atoms with Crippen molar-refractivity contribution >= 4 is 9.84 Å². The number of benzene rings is 1. The summed E-state index contributed by atoms with van der Waals surface area (Å²) in [7, 11) is -2.46. The van der Waals surface area contributed by atoms with Gasteiger partial charge >= 0.3 is 0 Å². The number of aryl methyl sites for hydroxylation is 1. The third-order valence-corrected chi connectivity index (χ3v) is 3.62. The zero-order valence-corrected chi connectivity index (χ0v) is 9.78. The standard InChI is InChI=1S/C11H11NO3S/c1-9-3-5-10(6-4-9)16(13,14)11(7-12)8-15-2/h3-6,8H,1-2H3. The first-order chi connectivity index (χ1) is 7.52. The number of nitriles is 1. The van der Waals surface area contributed by atoms with Crippen LogP contribution in [0.4, 0.5) is 0 Å². The van der Waals surface area contributed by atoms with Gasteiger partial charge in [0.05, 0.1) is 12.0 Å². The average Bonchev–Trinajstić information content (AvgIpc) is 2.26. The molecule has 0 saturated carbocycles. The van der Waals surface area contributed by atoms with Gasteiger partial charge in [-0.3, -0.25) is 0 Å². The molecule has 0 bridgehead atoms. The Labute approximate surface area is 94.7 Å². The van der Waals surface area contributed by atoms with E-state index in [1.165, 1.54) is 19.2 Å². The summed E-state index contributed by atoms with van der Waals surface area (Å²) in [6.07, 6.45) is 0.926. The van der Waals surface area contributed by atoms with Gasteiger partial charge in [0.25, 0.3) is 0 Å². The number of hydrogen-bond donors (Lipinski definition) is 0. The second kappa shape index (κ2) is 4.81. The topological polar surface area (TPSA) is 67.2 Å². The molecule has 1 aromatic carbocycles. The molecule has 0 fully saturated rings. The maximum Gasteiger partial charge on any atom is 0.219 e. The number of rotatable bonds is 3. The number of hydrogen-bond acceptors (Lipinski definition) is 4. The van der Waals surface area contributed by atoms with Crippen molar-refractivity contribution in [2.45, 2.75) is 11.8 Å². The van der Waals surface area contributed by atoms with Crippen LogP contribution in [-0.2, 0) is 14.6 Å². The predicted molar refractivity (Wildman–Crippen MR) is 59.1 cm³/mol. The van der Waals surface area contributed by atoms with E-state index in [1.807, 2.05) is 6.92 Å². The van der Waals surface area contributed by atoms with Crippen molar-refractivity contribution in [1.29, 1.82) is 5.26 Å². The summed E-state index contributed by atoms with van der Waals surface area (Å²) in [5, 5.41) is 8.73. The van der Waals surface area contributed by atoms with E-state index < -0.39 is 14.7 Å². The molecule has 0 unspecified atom stereocenters. The van der Waals surface area contributed by atoms with Crippen LogP contribution in [0.1, 0.15) is 5.56 Å². The third kappa shape index (κ3) is 2.41. The molecule has 0 saturated heterocycles. The van der Waals surface area contributed by atoms with E-state index in [0.29, 0.717) is 0 Å². The molecule has 84 valence electrons. The lowest BCUT2D eigenvalue weighted by Gasteiger charge is -2.02. The minimum Gasteiger partial charge on any atom is -0.502 e. The lowest BCUT2D eigenvalue weighted by Crippen LogP contribution is -2.03. The molecule has 16 heavy (non-hydrogen) atoms. The minimum atomic E-state index is -3.76. The Morgan fingerprint density at radius 2 is 1.94 bits per heavy atom. The first-order valence-corrected chi connectivity index (χ1v) is 5.95. The van der Waals surface area contributed by atoms with Crippen LogP contribution in [0.25, 0.3) is 0 Å². The van der Waals surface area contributed by atoms with Crippen LogP contribution >= 0.6 is 0 Å². The highest BCUT2D eigenvalue weighted by atomic mass is 32.2. The lowest BCUT2D eigenvalue weighted by atomic mass is 10.2. The Hall–Kier alpha value is -1.80. The molecule has 5 heteroatoms. The summed E-state index contributed by atoms with van der Waals surface area (Å²) >= 11 is 0. The van der Waals surface area contributed by atoms with Gasteiger partial charge in [-0.25, -0.2) is 8.42 Å².